The average molecular weight is 413 g/mol. The van der Waals surface area contributed by atoms with Crippen molar-refractivity contribution in [2.75, 3.05) is 37.5 Å². The Balaban J connectivity index is 1.72. The first-order valence-electron chi connectivity index (χ1n) is 9.57. The molecule has 1 amide bonds. The number of carbonyl (C=O) groups excluding carboxylic acids is 1. The van der Waals surface area contributed by atoms with Crippen LogP contribution >= 0.6 is 11.3 Å². The zero-order valence-electron chi connectivity index (χ0n) is 17.0. The molecule has 152 valence electrons. The van der Waals surface area contributed by atoms with Crippen molar-refractivity contribution in [3.63, 3.8) is 0 Å². The molecule has 8 heteroatoms. The zero-order chi connectivity index (χ0) is 20.5. The number of ether oxygens (including phenoxy) is 2. The van der Waals surface area contributed by atoms with Crippen LogP contribution in [0.15, 0.2) is 18.2 Å². The molecule has 3 heterocycles. The lowest BCUT2D eigenvalue weighted by molar-refractivity contribution is 0.103. The third-order valence-corrected chi connectivity index (χ3v) is 6.29. The summed E-state index contributed by atoms with van der Waals surface area (Å²) in [6.07, 6.45) is 2.33. The van der Waals surface area contributed by atoms with Crippen molar-refractivity contribution in [2.24, 2.45) is 0 Å². The average Bonchev–Trinajstić information content (AvgIpc) is 3.35. The van der Waals surface area contributed by atoms with Crippen LogP contribution in [-0.4, -0.2) is 43.2 Å². The van der Waals surface area contributed by atoms with Crippen molar-refractivity contribution >= 4 is 39.0 Å². The van der Waals surface area contributed by atoms with Crippen molar-refractivity contribution < 1.29 is 14.3 Å². The summed E-state index contributed by atoms with van der Waals surface area (Å²) >= 11 is 1.41. The summed E-state index contributed by atoms with van der Waals surface area (Å²) < 4.78 is 10.6. The van der Waals surface area contributed by atoms with Gasteiger partial charge in [0.2, 0.25) is 0 Å². The number of aromatic nitrogens is 2. The maximum Gasteiger partial charge on any atom is 0.266 e. The number of hydrogen-bond acceptors (Lipinski definition) is 7. The molecule has 0 radical (unpaired) electrons. The van der Waals surface area contributed by atoms with Gasteiger partial charge in [-0.05, 0) is 32.3 Å². The Hall–Kier alpha value is -2.87. The van der Waals surface area contributed by atoms with Gasteiger partial charge in [0.1, 0.15) is 28.0 Å². The standard InChI is InChI=1S/C21H24N4O3S/c1-12-17-19(25-7-5-6-8-25)22-13(2)23-21(17)29-18(12)20(26)24-14-9-15(27-3)11-16(10-14)28-4/h9-11H,5-8H2,1-4H3,(H,24,26). The van der Waals surface area contributed by atoms with E-state index in [2.05, 4.69) is 15.2 Å². The molecule has 0 aliphatic carbocycles. The minimum Gasteiger partial charge on any atom is -0.497 e. The number of carbonyl (C=O) groups is 1. The van der Waals surface area contributed by atoms with Gasteiger partial charge in [0.15, 0.2) is 0 Å². The predicted molar refractivity (Wildman–Crippen MR) is 116 cm³/mol. The largest absolute Gasteiger partial charge is 0.497 e. The lowest BCUT2D eigenvalue weighted by Crippen LogP contribution is -2.20. The Labute approximate surface area is 173 Å². The topological polar surface area (TPSA) is 76.6 Å². The molecule has 3 aromatic rings. The number of methoxy groups -OCH3 is 2. The van der Waals surface area contributed by atoms with E-state index in [1.807, 2.05) is 13.8 Å². The van der Waals surface area contributed by atoms with E-state index in [1.54, 1.807) is 32.4 Å². The van der Waals surface area contributed by atoms with Crippen molar-refractivity contribution in [1.82, 2.24) is 9.97 Å². The van der Waals surface area contributed by atoms with Crippen LogP contribution in [0.2, 0.25) is 0 Å². The Kier molecular flexibility index (Phi) is 5.27. The molecule has 0 atom stereocenters. The summed E-state index contributed by atoms with van der Waals surface area (Å²) in [5.41, 5.74) is 1.53. The third kappa shape index (κ3) is 3.72. The molecule has 7 nitrogen and oxygen atoms in total. The van der Waals surface area contributed by atoms with E-state index in [0.717, 1.165) is 40.5 Å². The van der Waals surface area contributed by atoms with E-state index in [4.69, 9.17) is 14.5 Å². The van der Waals surface area contributed by atoms with E-state index in [0.29, 0.717) is 22.1 Å². The summed E-state index contributed by atoms with van der Waals surface area (Å²) in [4.78, 5) is 26.2. The lowest BCUT2D eigenvalue weighted by Gasteiger charge is -2.18. The number of aryl methyl sites for hydroxylation is 2. The van der Waals surface area contributed by atoms with Gasteiger partial charge in [0, 0.05) is 37.0 Å². The lowest BCUT2D eigenvalue weighted by atomic mass is 10.2. The van der Waals surface area contributed by atoms with Crippen molar-refractivity contribution in [3.8, 4) is 11.5 Å². The minimum absolute atomic E-state index is 0.175. The van der Waals surface area contributed by atoms with Crippen LogP contribution in [0.5, 0.6) is 11.5 Å². The zero-order valence-corrected chi connectivity index (χ0v) is 17.9. The van der Waals surface area contributed by atoms with E-state index >= 15 is 0 Å². The van der Waals surface area contributed by atoms with E-state index in [-0.39, 0.29) is 5.91 Å². The van der Waals surface area contributed by atoms with Gasteiger partial charge in [0.05, 0.1) is 24.5 Å². The summed E-state index contributed by atoms with van der Waals surface area (Å²) in [6.45, 7) is 5.85. The quantitative estimate of drug-likeness (QED) is 0.678. The van der Waals surface area contributed by atoms with Crippen LogP contribution in [0.4, 0.5) is 11.5 Å². The molecule has 0 spiro atoms. The molecular formula is C21H24N4O3S. The Morgan fingerprint density at radius 3 is 2.34 bits per heavy atom. The highest BCUT2D eigenvalue weighted by Gasteiger charge is 2.24. The number of anilines is 2. The highest BCUT2D eigenvalue weighted by Crippen LogP contribution is 2.37. The van der Waals surface area contributed by atoms with Crippen molar-refractivity contribution in [2.45, 2.75) is 26.7 Å². The second-order valence-corrected chi connectivity index (χ2v) is 8.08. The summed E-state index contributed by atoms with van der Waals surface area (Å²) in [5, 5.41) is 3.95. The summed E-state index contributed by atoms with van der Waals surface area (Å²) in [6, 6.07) is 5.30. The van der Waals surface area contributed by atoms with Crippen LogP contribution in [0.3, 0.4) is 0 Å². The normalized spacial score (nSPS) is 13.7. The van der Waals surface area contributed by atoms with Gasteiger partial charge in [-0.15, -0.1) is 11.3 Å². The van der Waals surface area contributed by atoms with Gasteiger partial charge in [-0.3, -0.25) is 4.79 Å². The predicted octanol–water partition coefficient (Wildman–Crippen LogP) is 4.18. The van der Waals surface area contributed by atoms with Crippen LogP contribution < -0.4 is 19.7 Å². The summed E-state index contributed by atoms with van der Waals surface area (Å²) in [5.74, 6) is 2.73. The fourth-order valence-electron chi connectivity index (χ4n) is 3.66. The van der Waals surface area contributed by atoms with E-state index < -0.39 is 0 Å². The van der Waals surface area contributed by atoms with Gasteiger partial charge >= 0.3 is 0 Å². The maximum absolute atomic E-state index is 13.1. The number of amides is 1. The smallest absolute Gasteiger partial charge is 0.266 e. The molecular weight excluding hydrogens is 388 g/mol. The molecule has 1 N–H and O–H groups in total. The Morgan fingerprint density at radius 2 is 1.72 bits per heavy atom. The van der Waals surface area contributed by atoms with Crippen molar-refractivity contribution in [1.29, 1.82) is 0 Å². The molecule has 1 fully saturated rings. The molecule has 1 aromatic carbocycles. The minimum atomic E-state index is -0.175. The van der Waals surface area contributed by atoms with Crippen LogP contribution in [0.25, 0.3) is 10.2 Å². The van der Waals surface area contributed by atoms with Gasteiger partial charge in [-0.25, -0.2) is 9.97 Å². The number of thiophene rings is 1. The second-order valence-electron chi connectivity index (χ2n) is 7.08. The van der Waals surface area contributed by atoms with Crippen LogP contribution in [0.1, 0.15) is 33.9 Å². The molecule has 2 aromatic heterocycles. The fourth-order valence-corrected chi connectivity index (χ4v) is 4.78. The summed E-state index contributed by atoms with van der Waals surface area (Å²) in [7, 11) is 3.16. The van der Waals surface area contributed by atoms with Crippen LogP contribution in [-0.2, 0) is 0 Å². The van der Waals surface area contributed by atoms with Gasteiger partial charge in [0.25, 0.3) is 5.91 Å². The molecule has 1 aliphatic rings. The van der Waals surface area contributed by atoms with Gasteiger partial charge in [-0.2, -0.15) is 0 Å². The molecule has 0 bridgehead atoms. The monoisotopic (exact) mass is 412 g/mol. The van der Waals surface area contributed by atoms with Crippen molar-refractivity contribution in [3.05, 3.63) is 34.5 Å². The van der Waals surface area contributed by atoms with Gasteiger partial charge in [-0.1, -0.05) is 0 Å². The third-order valence-electron chi connectivity index (χ3n) is 5.10. The number of benzene rings is 1. The first-order chi connectivity index (χ1) is 14.0. The Bertz CT molecular complexity index is 1050. The number of fused-ring (bicyclic) bond motifs is 1. The van der Waals surface area contributed by atoms with Gasteiger partial charge < -0.3 is 19.7 Å². The highest BCUT2D eigenvalue weighted by molar-refractivity contribution is 7.20. The Morgan fingerprint density at radius 1 is 1.07 bits per heavy atom. The second kappa shape index (κ2) is 7.87. The molecule has 0 saturated carbocycles. The number of nitrogens with one attached hydrogen (secondary N) is 1. The molecule has 29 heavy (non-hydrogen) atoms. The maximum atomic E-state index is 13.1. The number of rotatable bonds is 5. The van der Waals surface area contributed by atoms with E-state index in [1.165, 1.54) is 24.2 Å². The number of nitrogens with zero attached hydrogens (tertiary/aromatic N) is 3. The SMILES string of the molecule is COc1cc(NC(=O)c2sc3nc(C)nc(N4CCCC4)c3c2C)cc(OC)c1. The molecule has 0 unspecified atom stereocenters. The van der Waals surface area contributed by atoms with Crippen LogP contribution in [0, 0.1) is 13.8 Å². The molecule has 1 aliphatic heterocycles. The molecule has 4 rings (SSSR count). The first-order valence-corrected chi connectivity index (χ1v) is 10.4. The number of hydrogen-bond donors (Lipinski definition) is 1. The first kappa shape index (κ1) is 19.4. The fraction of sp³-hybridized carbons (Fsp3) is 0.381. The molecule has 1 saturated heterocycles. The highest BCUT2D eigenvalue weighted by atomic mass is 32.1. The van der Waals surface area contributed by atoms with E-state index in [9.17, 15) is 4.79 Å².